The van der Waals surface area contributed by atoms with Gasteiger partial charge >= 0.3 is 0 Å². The zero-order valence-corrected chi connectivity index (χ0v) is 13.8. The number of aliphatic hydroxyl groups is 1. The maximum atomic E-state index is 13.9. The molecule has 0 spiro atoms. The van der Waals surface area contributed by atoms with Crippen molar-refractivity contribution in [2.24, 2.45) is 5.92 Å². The van der Waals surface area contributed by atoms with E-state index < -0.39 is 0 Å². The van der Waals surface area contributed by atoms with E-state index in [1.54, 1.807) is 30.3 Å². The van der Waals surface area contributed by atoms with Gasteiger partial charge in [0.05, 0.1) is 13.7 Å². The van der Waals surface area contributed by atoms with Gasteiger partial charge in [-0.1, -0.05) is 17.7 Å². The van der Waals surface area contributed by atoms with Gasteiger partial charge in [0, 0.05) is 33.7 Å². The molecule has 1 saturated carbocycles. The molecular formula is C18H17ClFNO3. The molecule has 3 rings (SSSR count). The Labute approximate surface area is 144 Å². The Hall–Kier alpha value is -2.11. The average molecular weight is 350 g/mol. The Morgan fingerprint density at radius 3 is 2.88 bits per heavy atom. The van der Waals surface area contributed by atoms with Crippen molar-refractivity contribution in [1.82, 2.24) is 0 Å². The molecule has 1 fully saturated rings. The van der Waals surface area contributed by atoms with Crippen LogP contribution in [-0.2, 0) is 11.4 Å². The summed E-state index contributed by atoms with van der Waals surface area (Å²) in [5.74, 6) is -0.519. The van der Waals surface area contributed by atoms with Gasteiger partial charge in [-0.25, -0.2) is 4.39 Å². The van der Waals surface area contributed by atoms with Crippen molar-refractivity contribution >= 4 is 23.2 Å². The Kier molecular flexibility index (Phi) is 4.73. The quantitative estimate of drug-likeness (QED) is 0.864. The molecule has 1 amide bonds. The highest BCUT2D eigenvalue weighted by Gasteiger charge is 2.46. The van der Waals surface area contributed by atoms with Crippen molar-refractivity contribution in [3.8, 4) is 5.75 Å². The zero-order valence-electron chi connectivity index (χ0n) is 13.1. The van der Waals surface area contributed by atoms with Crippen LogP contribution in [-0.4, -0.2) is 18.1 Å². The molecule has 4 nitrogen and oxygen atoms in total. The maximum absolute atomic E-state index is 13.9. The van der Waals surface area contributed by atoms with Gasteiger partial charge in [-0.05, 0) is 36.8 Å². The zero-order chi connectivity index (χ0) is 17.3. The Morgan fingerprint density at radius 1 is 1.42 bits per heavy atom. The van der Waals surface area contributed by atoms with Crippen LogP contribution in [0.15, 0.2) is 36.4 Å². The number of anilines is 1. The summed E-state index contributed by atoms with van der Waals surface area (Å²) in [4.78, 5) is 12.4. The second kappa shape index (κ2) is 6.79. The van der Waals surface area contributed by atoms with E-state index >= 15 is 0 Å². The molecule has 2 aromatic rings. The number of hydrogen-bond acceptors (Lipinski definition) is 3. The molecule has 0 aliphatic heterocycles. The molecule has 0 bridgehead atoms. The van der Waals surface area contributed by atoms with E-state index in [1.165, 1.54) is 13.2 Å². The number of ether oxygens (including phenoxy) is 1. The van der Waals surface area contributed by atoms with Gasteiger partial charge in [-0.3, -0.25) is 4.79 Å². The highest BCUT2D eigenvalue weighted by molar-refractivity contribution is 6.31. The summed E-state index contributed by atoms with van der Waals surface area (Å²) in [6, 6.07) is 9.56. The number of nitrogens with one attached hydrogen (secondary N) is 1. The van der Waals surface area contributed by atoms with Crippen LogP contribution < -0.4 is 10.1 Å². The first-order chi connectivity index (χ1) is 11.5. The van der Waals surface area contributed by atoms with Crippen molar-refractivity contribution in [3.63, 3.8) is 0 Å². The topological polar surface area (TPSA) is 58.6 Å². The predicted octanol–water partition coefficient (Wildman–Crippen LogP) is 3.72. The monoisotopic (exact) mass is 349 g/mol. The SMILES string of the molecule is COc1ccc(NC(=O)C2CC2c2c(F)cccc2Cl)cc1CO. The standard InChI is InChI=1S/C18H17ClFNO3/c1-24-16-6-5-11(7-10(16)9-22)21-18(23)13-8-12(13)17-14(19)3-2-4-15(17)20/h2-7,12-13,22H,8-9H2,1H3,(H,21,23). The first-order valence-corrected chi connectivity index (χ1v) is 7.95. The van der Waals surface area contributed by atoms with Gasteiger partial charge in [-0.15, -0.1) is 0 Å². The van der Waals surface area contributed by atoms with E-state index in [1.807, 2.05) is 0 Å². The van der Waals surface area contributed by atoms with Crippen molar-refractivity contribution in [1.29, 1.82) is 0 Å². The summed E-state index contributed by atoms with van der Waals surface area (Å²) in [6.45, 7) is -0.191. The van der Waals surface area contributed by atoms with E-state index in [2.05, 4.69) is 5.32 Å². The summed E-state index contributed by atoms with van der Waals surface area (Å²) >= 11 is 6.05. The molecule has 2 aromatic carbocycles. The summed E-state index contributed by atoms with van der Waals surface area (Å²) < 4.78 is 19.1. The van der Waals surface area contributed by atoms with Crippen LogP contribution in [0.3, 0.4) is 0 Å². The van der Waals surface area contributed by atoms with E-state index in [-0.39, 0.29) is 30.2 Å². The first kappa shape index (κ1) is 16.7. The average Bonchev–Trinajstić information content (AvgIpc) is 3.35. The second-order valence-corrected chi connectivity index (χ2v) is 6.17. The van der Waals surface area contributed by atoms with Crippen LogP contribution in [0, 0.1) is 11.7 Å². The molecule has 6 heteroatoms. The third-order valence-electron chi connectivity index (χ3n) is 4.22. The number of aliphatic hydroxyl groups excluding tert-OH is 1. The molecule has 2 unspecified atom stereocenters. The molecule has 24 heavy (non-hydrogen) atoms. The number of benzene rings is 2. The molecule has 0 heterocycles. The van der Waals surface area contributed by atoms with E-state index in [0.717, 1.165) is 0 Å². The van der Waals surface area contributed by atoms with E-state index in [4.69, 9.17) is 16.3 Å². The number of carbonyl (C=O) groups excluding carboxylic acids is 1. The molecule has 0 saturated heterocycles. The number of amides is 1. The first-order valence-electron chi connectivity index (χ1n) is 7.57. The number of hydrogen-bond donors (Lipinski definition) is 2. The minimum Gasteiger partial charge on any atom is -0.496 e. The van der Waals surface area contributed by atoms with Crippen LogP contribution >= 0.6 is 11.6 Å². The molecule has 1 aliphatic carbocycles. The van der Waals surface area contributed by atoms with Crippen LogP contribution in [0.1, 0.15) is 23.5 Å². The van der Waals surface area contributed by atoms with Crippen molar-refractivity contribution in [3.05, 3.63) is 58.4 Å². The second-order valence-electron chi connectivity index (χ2n) is 5.76. The number of methoxy groups -OCH3 is 1. The lowest BCUT2D eigenvalue weighted by Crippen LogP contribution is -2.15. The fourth-order valence-electron chi connectivity index (χ4n) is 2.88. The van der Waals surface area contributed by atoms with Gasteiger partial charge in [0.1, 0.15) is 11.6 Å². The lowest BCUT2D eigenvalue weighted by molar-refractivity contribution is -0.117. The van der Waals surface area contributed by atoms with Crippen molar-refractivity contribution in [2.75, 3.05) is 12.4 Å². The molecule has 0 radical (unpaired) electrons. The van der Waals surface area contributed by atoms with Crippen LogP contribution in [0.5, 0.6) is 5.75 Å². The third-order valence-corrected chi connectivity index (χ3v) is 4.55. The lowest BCUT2D eigenvalue weighted by atomic mass is 10.1. The highest BCUT2D eigenvalue weighted by atomic mass is 35.5. The summed E-state index contributed by atoms with van der Waals surface area (Å²) in [5, 5.41) is 12.5. The van der Waals surface area contributed by atoms with Gasteiger partial charge in [0.2, 0.25) is 5.91 Å². The minimum atomic E-state index is -0.380. The van der Waals surface area contributed by atoms with Gasteiger partial charge in [0.15, 0.2) is 0 Å². The minimum absolute atomic E-state index is 0.187. The largest absolute Gasteiger partial charge is 0.496 e. The lowest BCUT2D eigenvalue weighted by Gasteiger charge is -2.10. The predicted molar refractivity (Wildman–Crippen MR) is 89.8 cm³/mol. The van der Waals surface area contributed by atoms with E-state index in [9.17, 15) is 14.3 Å². The van der Waals surface area contributed by atoms with Gasteiger partial charge < -0.3 is 15.2 Å². The van der Waals surface area contributed by atoms with Crippen LogP contribution in [0.2, 0.25) is 5.02 Å². The number of halogens is 2. The summed E-state index contributed by atoms with van der Waals surface area (Å²) in [6.07, 6.45) is 0.565. The smallest absolute Gasteiger partial charge is 0.228 e. The highest BCUT2D eigenvalue weighted by Crippen LogP contribution is 2.50. The molecule has 126 valence electrons. The number of carbonyl (C=O) groups is 1. The van der Waals surface area contributed by atoms with Crippen LogP contribution in [0.4, 0.5) is 10.1 Å². The van der Waals surface area contributed by atoms with E-state index in [0.29, 0.717) is 34.0 Å². The molecule has 0 aromatic heterocycles. The summed E-state index contributed by atoms with van der Waals surface area (Å²) in [5.41, 5.74) is 1.56. The van der Waals surface area contributed by atoms with Crippen molar-refractivity contribution < 1.29 is 19.0 Å². The molecular weight excluding hydrogens is 333 g/mol. The normalized spacial score (nSPS) is 19.0. The molecule has 2 atom stereocenters. The molecule has 1 aliphatic rings. The summed E-state index contributed by atoms with van der Waals surface area (Å²) in [7, 11) is 1.51. The van der Waals surface area contributed by atoms with Crippen molar-refractivity contribution in [2.45, 2.75) is 18.9 Å². The third kappa shape index (κ3) is 3.23. The van der Waals surface area contributed by atoms with Gasteiger partial charge in [0.25, 0.3) is 0 Å². The number of rotatable bonds is 5. The van der Waals surface area contributed by atoms with Gasteiger partial charge in [-0.2, -0.15) is 0 Å². The Morgan fingerprint density at radius 2 is 2.21 bits per heavy atom. The fourth-order valence-corrected chi connectivity index (χ4v) is 3.19. The maximum Gasteiger partial charge on any atom is 0.228 e. The molecule has 2 N–H and O–H groups in total. The Bertz CT molecular complexity index is 761. The Balaban J connectivity index is 1.71. The fraction of sp³-hybridized carbons (Fsp3) is 0.278. The van der Waals surface area contributed by atoms with Crippen LogP contribution in [0.25, 0.3) is 0 Å².